The number of rotatable bonds is 3. The van der Waals surface area contributed by atoms with Crippen LogP contribution in [0.3, 0.4) is 0 Å². The molecule has 0 unspecified atom stereocenters. The summed E-state index contributed by atoms with van der Waals surface area (Å²) in [6.07, 6.45) is -4.57. The number of hydrazine groups is 1. The van der Waals surface area contributed by atoms with Gasteiger partial charge < -0.3 is 4.74 Å². The van der Waals surface area contributed by atoms with E-state index in [2.05, 4.69) is 26.5 Å². The SMILES string of the molecule is Cc1c(Br)c(C(F)(F)F)nn1[C@@H](C)C(=O)NN1CCOCC1. The largest absolute Gasteiger partial charge is 0.436 e. The molecule has 0 radical (unpaired) electrons. The Morgan fingerprint density at radius 1 is 1.41 bits per heavy atom. The van der Waals surface area contributed by atoms with Crippen molar-refractivity contribution in [2.45, 2.75) is 26.1 Å². The van der Waals surface area contributed by atoms with E-state index in [9.17, 15) is 18.0 Å². The average molecular weight is 385 g/mol. The number of carbonyl (C=O) groups excluding carboxylic acids is 1. The lowest BCUT2D eigenvalue weighted by atomic mass is 10.3. The molecule has 1 fully saturated rings. The number of aromatic nitrogens is 2. The van der Waals surface area contributed by atoms with Gasteiger partial charge >= 0.3 is 6.18 Å². The highest BCUT2D eigenvalue weighted by Crippen LogP contribution is 2.36. The molecule has 1 aromatic rings. The lowest BCUT2D eigenvalue weighted by Gasteiger charge is -2.28. The number of nitrogens with one attached hydrogen (secondary N) is 1. The van der Waals surface area contributed by atoms with Gasteiger partial charge in [0.05, 0.1) is 23.4 Å². The van der Waals surface area contributed by atoms with Crippen LogP contribution in [-0.4, -0.2) is 47.0 Å². The van der Waals surface area contributed by atoms with Crippen LogP contribution in [0, 0.1) is 6.92 Å². The molecule has 0 aliphatic carbocycles. The van der Waals surface area contributed by atoms with Crippen molar-refractivity contribution in [1.29, 1.82) is 0 Å². The molecule has 1 aromatic heterocycles. The summed E-state index contributed by atoms with van der Waals surface area (Å²) < 4.78 is 44.6. The van der Waals surface area contributed by atoms with E-state index in [1.54, 1.807) is 5.01 Å². The number of nitrogens with zero attached hydrogens (tertiary/aromatic N) is 3. The summed E-state index contributed by atoms with van der Waals surface area (Å²) >= 11 is 2.89. The van der Waals surface area contributed by atoms with Crippen molar-refractivity contribution in [1.82, 2.24) is 20.2 Å². The molecule has 6 nitrogen and oxygen atoms in total. The third kappa shape index (κ3) is 3.61. The molecule has 22 heavy (non-hydrogen) atoms. The Morgan fingerprint density at radius 3 is 2.50 bits per heavy atom. The van der Waals surface area contributed by atoms with E-state index in [1.807, 2.05) is 0 Å². The molecule has 1 saturated heterocycles. The maximum Gasteiger partial charge on any atom is 0.436 e. The Labute approximate surface area is 133 Å². The molecule has 0 aromatic carbocycles. The van der Waals surface area contributed by atoms with Crippen molar-refractivity contribution in [2.75, 3.05) is 26.3 Å². The van der Waals surface area contributed by atoms with Gasteiger partial charge in [-0.3, -0.25) is 14.9 Å². The normalized spacial score (nSPS) is 18.3. The quantitative estimate of drug-likeness (QED) is 0.864. The lowest BCUT2D eigenvalue weighted by Crippen LogP contribution is -2.50. The second kappa shape index (κ2) is 6.55. The van der Waals surface area contributed by atoms with E-state index < -0.39 is 23.8 Å². The number of alkyl halides is 3. The van der Waals surface area contributed by atoms with Gasteiger partial charge in [-0.05, 0) is 29.8 Å². The van der Waals surface area contributed by atoms with Crippen LogP contribution >= 0.6 is 15.9 Å². The van der Waals surface area contributed by atoms with E-state index in [0.29, 0.717) is 26.3 Å². The zero-order valence-electron chi connectivity index (χ0n) is 12.1. The van der Waals surface area contributed by atoms with Crippen LogP contribution in [0.5, 0.6) is 0 Å². The molecule has 0 bridgehead atoms. The van der Waals surface area contributed by atoms with Gasteiger partial charge in [-0.25, -0.2) is 5.01 Å². The minimum absolute atomic E-state index is 0.147. The van der Waals surface area contributed by atoms with Gasteiger partial charge in [0.2, 0.25) is 0 Å². The van der Waals surface area contributed by atoms with Crippen molar-refractivity contribution in [3.8, 4) is 0 Å². The molecular formula is C12H16BrF3N4O2. The second-order valence-corrected chi connectivity index (χ2v) is 5.73. The Hall–Kier alpha value is -1.13. The van der Waals surface area contributed by atoms with Gasteiger partial charge in [-0.1, -0.05) is 0 Å². The fourth-order valence-electron chi connectivity index (χ4n) is 2.09. The van der Waals surface area contributed by atoms with Crippen molar-refractivity contribution in [2.24, 2.45) is 0 Å². The van der Waals surface area contributed by atoms with E-state index in [4.69, 9.17) is 4.74 Å². The Bertz CT molecular complexity index is 555. The number of halogens is 4. The predicted octanol–water partition coefficient (Wildman–Crippen LogP) is 1.90. The fraction of sp³-hybridized carbons (Fsp3) is 0.667. The first-order valence-electron chi connectivity index (χ1n) is 6.66. The molecule has 2 rings (SSSR count). The predicted molar refractivity (Wildman–Crippen MR) is 74.9 cm³/mol. The van der Waals surface area contributed by atoms with Gasteiger partial charge in [0.15, 0.2) is 5.69 Å². The van der Waals surface area contributed by atoms with Crippen LogP contribution in [0.2, 0.25) is 0 Å². The topological polar surface area (TPSA) is 59.4 Å². The first kappa shape index (κ1) is 17.2. The van der Waals surface area contributed by atoms with E-state index in [-0.39, 0.29) is 10.2 Å². The smallest absolute Gasteiger partial charge is 0.379 e. The van der Waals surface area contributed by atoms with E-state index >= 15 is 0 Å². The monoisotopic (exact) mass is 384 g/mol. The molecule has 1 atom stereocenters. The number of hydrogen-bond acceptors (Lipinski definition) is 4. The third-order valence-corrected chi connectivity index (χ3v) is 4.32. The number of ether oxygens (including phenoxy) is 1. The third-order valence-electron chi connectivity index (χ3n) is 3.37. The highest BCUT2D eigenvalue weighted by atomic mass is 79.9. The molecule has 0 saturated carbocycles. The zero-order valence-corrected chi connectivity index (χ0v) is 13.7. The molecule has 1 amide bonds. The summed E-state index contributed by atoms with van der Waals surface area (Å²) in [4.78, 5) is 12.2. The summed E-state index contributed by atoms with van der Waals surface area (Å²) in [5.74, 6) is -0.422. The minimum atomic E-state index is -4.57. The first-order valence-corrected chi connectivity index (χ1v) is 7.46. The van der Waals surface area contributed by atoms with Crippen LogP contribution in [0.25, 0.3) is 0 Å². The molecular weight excluding hydrogens is 369 g/mol. The molecule has 0 spiro atoms. The van der Waals surface area contributed by atoms with Crippen molar-refractivity contribution >= 4 is 21.8 Å². The number of carbonyl (C=O) groups is 1. The molecule has 2 heterocycles. The van der Waals surface area contributed by atoms with E-state index in [1.165, 1.54) is 13.8 Å². The van der Waals surface area contributed by atoms with Crippen LogP contribution in [0.1, 0.15) is 24.4 Å². The minimum Gasteiger partial charge on any atom is -0.379 e. The average Bonchev–Trinajstić information content (AvgIpc) is 2.75. The fourth-order valence-corrected chi connectivity index (χ4v) is 2.58. The Kier molecular flexibility index (Phi) is 5.13. The van der Waals surface area contributed by atoms with Gasteiger partial charge in [0.25, 0.3) is 5.91 Å². The molecule has 1 N–H and O–H groups in total. The number of amides is 1. The summed E-state index contributed by atoms with van der Waals surface area (Å²) in [6, 6.07) is -0.866. The van der Waals surface area contributed by atoms with Crippen LogP contribution in [0.4, 0.5) is 13.2 Å². The standard InChI is InChI=1S/C12H16BrF3N4O2/c1-7-9(13)10(12(14,15)16)17-20(7)8(2)11(21)18-19-3-5-22-6-4-19/h8H,3-6H2,1-2H3,(H,18,21)/t8-/m0/s1. The Morgan fingerprint density at radius 2 is 2.00 bits per heavy atom. The molecule has 124 valence electrons. The lowest BCUT2D eigenvalue weighted by molar-refractivity contribution is -0.142. The highest BCUT2D eigenvalue weighted by molar-refractivity contribution is 9.10. The molecule has 1 aliphatic rings. The summed E-state index contributed by atoms with van der Waals surface area (Å²) in [5.41, 5.74) is 1.88. The highest BCUT2D eigenvalue weighted by Gasteiger charge is 2.39. The van der Waals surface area contributed by atoms with Gasteiger partial charge in [0, 0.05) is 13.1 Å². The Balaban J connectivity index is 2.15. The maximum atomic E-state index is 12.9. The summed E-state index contributed by atoms with van der Waals surface area (Å²) in [6.45, 7) is 5.05. The molecule has 10 heteroatoms. The van der Waals surface area contributed by atoms with Crippen molar-refractivity contribution in [3.63, 3.8) is 0 Å². The second-order valence-electron chi connectivity index (χ2n) is 4.94. The summed E-state index contributed by atoms with van der Waals surface area (Å²) in [5, 5.41) is 5.22. The van der Waals surface area contributed by atoms with Gasteiger partial charge in [-0.2, -0.15) is 18.3 Å². The van der Waals surface area contributed by atoms with Crippen LogP contribution in [0.15, 0.2) is 4.47 Å². The number of morpholine rings is 1. The molecule has 1 aliphatic heterocycles. The first-order chi connectivity index (χ1) is 10.2. The van der Waals surface area contributed by atoms with Crippen LogP contribution < -0.4 is 5.43 Å². The van der Waals surface area contributed by atoms with Crippen LogP contribution in [-0.2, 0) is 15.7 Å². The van der Waals surface area contributed by atoms with Gasteiger partial charge in [0.1, 0.15) is 6.04 Å². The van der Waals surface area contributed by atoms with Gasteiger partial charge in [-0.15, -0.1) is 0 Å². The maximum absolute atomic E-state index is 12.9. The van der Waals surface area contributed by atoms with Crippen molar-refractivity contribution in [3.05, 3.63) is 15.9 Å². The zero-order chi connectivity index (χ0) is 16.5. The summed E-state index contributed by atoms with van der Waals surface area (Å²) in [7, 11) is 0. The van der Waals surface area contributed by atoms with Crippen molar-refractivity contribution < 1.29 is 22.7 Å². The van der Waals surface area contributed by atoms with E-state index in [0.717, 1.165) is 4.68 Å². The number of hydrogen-bond donors (Lipinski definition) is 1.